The van der Waals surface area contributed by atoms with Gasteiger partial charge in [0.25, 0.3) is 0 Å². The zero-order chi connectivity index (χ0) is 11.8. The van der Waals surface area contributed by atoms with E-state index in [2.05, 4.69) is 4.99 Å². The standard InChI is InChI=1S/C11H9ClFNO2/c1-16-8-3-2-7(13)9(10(8)12)11(4-5-11)14-6-15/h2-3H,4-5H2,1H3. The van der Waals surface area contributed by atoms with E-state index in [4.69, 9.17) is 16.3 Å². The molecule has 0 bridgehead atoms. The summed E-state index contributed by atoms with van der Waals surface area (Å²) in [6.45, 7) is 0. The molecule has 2 rings (SSSR count). The number of rotatable bonds is 3. The second kappa shape index (κ2) is 3.89. The lowest BCUT2D eigenvalue weighted by Gasteiger charge is -2.14. The second-order valence-corrected chi connectivity index (χ2v) is 4.05. The van der Waals surface area contributed by atoms with Gasteiger partial charge in [-0.2, -0.15) is 4.99 Å². The zero-order valence-corrected chi connectivity index (χ0v) is 9.34. The number of halogens is 2. The third-order valence-corrected chi connectivity index (χ3v) is 3.10. The highest BCUT2D eigenvalue weighted by Crippen LogP contribution is 2.53. The highest BCUT2D eigenvalue weighted by Gasteiger charge is 2.48. The fourth-order valence-corrected chi connectivity index (χ4v) is 2.15. The first-order valence-corrected chi connectivity index (χ1v) is 5.14. The molecule has 1 aromatic rings. The fraction of sp³-hybridized carbons (Fsp3) is 0.364. The average molecular weight is 242 g/mol. The van der Waals surface area contributed by atoms with Crippen molar-refractivity contribution in [2.45, 2.75) is 18.4 Å². The highest BCUT2D eigenvalue weighted by molar-refractivity contribution is 6.33. The molecule has 0 saturated heterocycles. The largest absolute Gasteiger partial charge is 0.495 e. The van der Waals surface area contributed by atoms with Gasteiger partial charge in [-0.25, -0.2) is 9.18 Å². The lowest BCUT2D eigenvalue weighted by Crippen LogP contribution is -2.07. The third-order valence-electron chi connectivity index (χ3n) is 2.72. The van der Waals surface area contributed by atoms with Gasteiger partial charge in [-0.15, -0.1) is 0 Å². The number of nitrogens with zero attached hydrogens (tertiary/aromatic N) is 1. The second-order valence-electron chi connectivity index (χ2n) is 3.67. The summed E-state index contributed by atoms with van der Waals surface area (Å²) in [7, 11) is 1.45. The highest BCUT2D eigenvalue weighted by atomic mass is 35.5. The molecule has 1 fully saturated rings. The summed E-state index contributed by atoms with van der Waals surface area (Å²) in [6.07, 6.45) is 2.68. The molecule has 0 N–H and O–H groups in total. The summed E-state index contributed by atoms with van der Waals surface area (Å²) >= 11 is 6.02. The van der Waals surface area contributed by atoms with Crippen LogP contribution in [0.15, 0.2) is 17.1 Å². The maximum Gasteiger partial charge on any atom is 0.235 e. The first-order valence-electron chi connectivity index (χ1n) is 4.76. The van der Waals surface area contributed by atoms with Crippen molar-refractivity contribution in [3.8, 4) is 5.75 Å². The summed E-state index contributed by atoms with van der Waals surface area (Å²) in [5.41, 5.74) is -0.589. The normalized spacial score (nSPS) is 16.4. The van der Waals surface area contributed by atoms with Crippen LogP contribution in [-0.4, -0.2) is 13.2 Å². The van der Waals surface area contributed by atoms with Crippen LogP contribution in [0.25, 0.3) is 0 Å². The molecule has 84 valence electrons. The Morgan fingerprint density at radius 2 is 2.25 bits per heavy atom. The van der Waals surface area contributed by atoms with Gasteiger partial charge in [-0.1, -0.05) is 11.6 Å². The van der Waals surface area contributed by atoms with Crippen molar-refractivity contribution in [2.24, 2.45) is 4.99 Å². The predicted octanol–water partition coefficient (Wildman–Crippen LogP) is 2.81. The molecule has 1 aliphatic carbocycles. The van der Waals surface area contributed by atoms with E-state index in [-0.39, 0.29) is 10.6 Å². The van der Waals surface area contributed by atoms with Crippen LogP contribution >= 0.6 is 11.6 Å². The molecule has 3 nitrogen and oxygen atoms in total. The van der Waals surface area contributed by atoms with Crippen molar-refractivity contribution in [3.05, 3.63) is 28.5 Å². The Morgan fingerprint density at radius 3 is 2.75 bits per heavy atom. The Kier molecular flexibility index (Phi) is 2.70. The molecule has 1 aromatic carbocycles. The molecule has 0 spiro atoms. The van der Waals surface area contributed by atoms with Crippen molar-refractivity contribution in [2.75, 3.05) is 7.11 Å². The minimum atomic E-state index is -0.822. The monoisotopic (exact) mass is 241 g/mol. The zero-order valence-electron chi connectivity index (χ0n) is 8.59. The van der Waals surface area contributed by atoms with Crippen molar-refractivity contribution in [1.82, 2.24) is 0 Å². The molecule has 0 heterocycles. The van der Waals surface area contributed by atoms with Gasteiger partial charge in [-0.3, -0.25) is 0 Å². The van der Waals surface area contributed by atoms with E-state index < -0.39 is 11.4 Å². The quantitative estimate of drug-likeness (QED) is 0.603. The fourth-order valence-electron chi connectivity index (χ4n) is 1.74. The van der Waals surface area contributed by atoms with Gasteiger partial charge in [0.15, 0.2) is 0 Å². The van der Waals surface area contributed by atoms with Gasteiger partial charge in [0, 0.05) is 5.56 Å². The van der Waals surface area contributed by atoms with E-state index in [1.807, 2.05) is 0 Å². The summed E-state index contributed by atoms with van der Waals surface area (Å²) < 4.78 is 18.7. The van der Waals surface area contributed by atoms with Crippen molar-refractivity contribution < 1.29 is 13.9 Å². The van der Waals surface area contributed by atoms with Crippen molar-refractivity contribution >= 4 is 17.7 Å². The Hall–Kier alpha value is -1.38. The maximum atomic E-state index is 13.7. The van der Waals surface area contributed by atoms with Gasteiger partial charge in [-0.05, 0) is 25.0 Å². The minimum absolute atomic E-state index is 0.180. The number of aliphatic imine (C=N–C) groups is 1. The predicted molar refractivity (Wildman–Crippen MR) is 57.0 cm³/mol. The molecule has 0 amide bonds. The molecule has 16 heavy (non-hydrogen) atoms. The van der Waals surface area contributed by atoms with Gasteiger partial charge in [0.2, 0.25) is 6.08 Å². The SMILES string of the molecule is COc1ccc(F)c(C2(N=C=O)CC2)c1Cl. The summed E-state index contributed by atoms with van der Waals surface area (Å²) in [6, 6.07) is 2.71. The molecular formula is C11H9ClFNO2. The summed E-state index contributed by atoms with van der Waals surface area (Å²) in [5, 5.41) is 0.180. The van der Waals surface area contributed by atoms with E-state index in [0.29, 0.717) is 18.6 Å². The van der Waals surface area contributed by atoms with Gasteiger partial charge >= 0.3 is 0 Å². The number of isocyanates is 1. The summed E-state index contributed by atoms with van der Waals surface area (Å²) in [4.78, 5) is 14.0. The first kappa shape index (κ1) is 11.1. The molecule has 1 saturated carbocycles. The molecule has 0 aliphatic heterocycles. The van der Waals surface area contributed by atoms with Crippen LogP contribution in [0.4, 0.5) is 4.39 Å². The smallest absolute Gasteiger partial charge is 0.235 e. The lowest BCUT2D eigenvalue weighted by atomic mass is 10.0. The Balaban J connectivity index is 2.60. The van der Waals surface area contributed by atoms with E-state index in [9.17, 15) is 9.18 Å². The van der Waals surface area contributed by atoms with E-state index in [1.165, 1.54) is 25.3 Å². The lowest BCUT2D eigenvalue weighted by molar-refractivity contribution is 0.412. The minimum Gasteiger partial charge on any atom is -0.495 e. The Bertz CT molecular complexity index is 479. The van der Waals surface area contributed by atoms with Crippen LogP contribution < -0.4 is 4.74 Å². The first-order chi connectivity index (χ1) is 7.64. The average Bonchev–Trinajstić information content (AvgIpc) is 2.99. The Labute approximate surface area is 96.9 Å². The van der Waals surface area contributed by atoms with E-state index >= 15 is 0 Å². The third kappa shape index (κ3) is 1.60. The van der Waals surface area contributed by atoms with E-state index in [1.54, 1.807) is 0 Å². The van der Waals surface area contributed by atoms with Crippen LogP contribution in [-0.2, 0) is 10.3 Å². The van der Waals surface area contributed by atoms with Crippen molar-refractivity contribution in [1.29, 1.82) is 0 Å². The molecule has 0 unspecified atom stereocenters. The van der Waals surface area contributed by atoms with Crippen LogP contribution in [0, 0.1) is 5.82 Å². The van der Waals surface area contributed by atoms with Crippen molar-refractivity contribution in [3.63, 3.8) is 0 Å². The molecular weight excluding hydrogens is 233 g/mol. The molecule has 1 aliphatic rings. The van der Waals surface area contributed by atoms with Gasteiger partial charge in [0.1, 0.15) is 17.1 Å². The molecule has 0 atom stereocenters. The molecule has 0 radical (unpaired) electrons. The molecule has 0 aromatic heterocycles. The van der Waals surface area contributed by atoms with Crippen LogP contribution in [0.1, 0.15) is 18.4 Å². The number of methoxy groups -OCH3 is 1. The number of ether oxygens (including phenoxy) is 1. The van der Waals surface area contributed by atoms with E-state index in [0.717, 1.165) is 0 Å². The van der Waals surface area contributed by atoms with Crippen LogP contribution in [0.5, 0.6) is 5.75 Å². The topological polar surface area (TPSA) is 38.7 Å². The maximum absolute atomic E-state index is 13.7. The number of hydrogen-bond donors (Lipinski definition) is 0. The number of carbonyl (C=O) groups excluding carboxylic acids is 1. The Morgan fingerprint density at radius 1 is 1.56 bits per heavy atom. The van der Waals surface area contributed by atoms with Gasteiger partial charge in [0.05, 0.1) is 12.1 Å². The number of hydrogen-bond acceptors (Lipinski definition) is 3. The summed E-state index contributed by atoms with van der Waals surface area (Å²) in [5.74, 6) is -0.0901. The van der Waals surface area contributed by atoms with Gasteiger partial charge < -0.3 is 4.74 Å². The number of benzene rings is 1. The van der Waals surface area contributed by atoms with Crippen LogP contribution in [0.2, 0.25) is 5.02 Å². The van der Waals surface area contributed by atoms with Crippen LogP contribution in [0.3, 0.4) is 0 Å². The molecule has 5 heteroatoms.